The van der Waals surface area contributed by atoms with E-state index in [1.165, 1.54) is 24.9 Å². The van der Waals surface area contributed by atoms with Crippen molar-refractivity contribution in [1.29, 1.82) is 0 Å². The zero-order chi connectivity index (χ0) is 17.9. The van der Waals surface area contributed by atoms with E-state index < -0.39 is 0 Å². The highest BCUT2D eigenvalue weighted by Gasteiger charge is 2.12. The number of hydrogen-bond donors (Lipinski definition) is 1. The first-order valence-electron chi connectivity index (χ1n) is 9.38. The van der Waals surface area contributed by atoms with Crippen LogP contribution in [0.4, 0.5) is 11.4 Å². The molecule has 0 aliphatic carbocycles. The van der Waals surface area contributed by atoms with Crippen LogP contribution in [0.1, 0.15) is 24.8 Å². The van der Waals surface area contributed by atoms with Crippen LogP contribution >= 0.6 is 0 Å². The fourth-order valence-electron chi connectivity index (χ4n) is 3.85. The topological polar surface area (TPSA) is 37.3 Å². The third-order valence-corrected chi connectivity index (χ3v) is 5.20. The summed E-state index contributed by atoms with van der Waals surface area (Å²) in [6.45, 7) is 2.26. The average Bonchev–Trinajstić information content (AvgIpc) is 2.99. The van der Waals surface area contributed by atoms with Gasteiger partial charge < -0.3 is 14.8 Å². The van der Waals surface area contributed by atoms with E-state index in [0.717, 1.165) is 35.2 Å². The number of anilines is 2. The predicted molar refractivity (Wildman–Crippen MR) is 108 cm³/mol. The molecule has 1 aliphatic rings. The van der Waals surface area contributed by atoms with Gasteiger partial charge in [0.05, 0.1) is 6.42 Å². The number of carbonyl (C=O) groups excluding carboxylic acids is 1. The Hall–Kier alpha value is -2.75. The number of fused-ring (bicyclic) bond motifs is 1. The quantitative estimate of drug-likeness (QED) is 0.762. The molecule has 1 aromatic heterocycles. The summed E-state index contributed by atoms with van der Waals surface area (Å²) in [7, 11) is 2.02. The Kier molecular flexibility index (Phi) is 4.65. The highest BCUT2D eigenvalue weighted by atomic mass is 16.1. The van der Waals surface area contributed by atoms with E-state index in [1.54, 1.807) is 0 Å². The molecule has 0 saturated carbocycles. The SMILES string of the molecule is Cn1cc(CC(=O)Nc2ccc(N3CCCCC3)cc2)c2ccccc21. The van der Waals surface area contributed by atoms with Gasteiger partial charge in [0.2, 0.25) is 5.91 Å². The Morgan fingerprint density at radius 3 is 2.50 bits per heavy atom. The standard InChI is InChI=1S/C22H25N3O/c1-24-16-17(20-7-3-4-8-21(20)24)15-22(26)23-18-9-11-19(12-10-18)25-13-5-2-6-14-25/h3-4,7-12,16H,2,5-6,13-15H2,1H3,(H,23,26). The normalized spacial score (nSPS) is 14.6. The minimum Gasteiger partial charge on any atom is -0.372 e. The molecule has 2 heterocycles. The number of benzene rings is 2. The predicted octanol–water partition coefficient (Wildman–Crippen LogP) is 4.35. The molecular weight excluding hydrogens is 322 g/mol. The lowest BCUT2D eigenvalue weighted by molar-refractivity contribution is -0.115. The maximum atomic E-state index is 12.5. The molecule has 3 aromatic rings. The third kappa shape index (κ3) is 3.45. The number of piperidine rings is 1. The fourth-order valence-corrected chi connectivity index (χ4v) is 3.85. The van der Waals surface area contributed by atoms with E-state index in [1.807, 2.05) is 37.5 Å². The van der Waals surface area contributed by atoms with Gasteiger partial charge in [0.15, 0.2) is 0 Å². The number of nitrogens with zero attached hydrogens (tertiary/aromatic N) is 2. The monoisotopic (exact) mass is 347 g/mol. The zero-order valence-electron chi connectivity index (χ0n) is 15.2. The zero-order valence-corrected chi connectivity index (χ0v) is 15.2. The average molecular weight is 347 g/mol. The van der Waals surface area contributed by atoms with Crippen LogP contribution in [0.25, 0.3) is 10.9 Å². The molecule has 0 radical (unpaired) electrons. The first-order valence-corrected chi connectivity index (χ1v) is 9.38. The van der Waals surface area contributed by atoms with Crippen molar-refractivity contribution in [2.75, 3.05) is 23.3 Å². The van der Waals surface area contributed by atoms with Crippen molar-refractivity contribution in [3.05, 3.63) is 60.3 Å². The number of amides is 1. The molecule has 1 fully saturated rings. The van der Waals surface area contributed by atoms with Crippen molar-refractivity contribution in [2.24, 2.45) is 7.05 Å². The van der Waals surface area contributed by atoms with Gasteiger partial charge >= 0.3 is 0 Å². The van der Waals surface area contributed by atoms with Crippen molar-refractivity contribution in [3.8, 4) is 0 Å². The molecule has 4 rings (SSSR count). The highest BCUT2D eigenvalue weighted by Crippen LogP contribution is 2.23. The van der Waals surface area contributed by atoms with Crippen LogP contribution in [0.2, 0.25) is 0 Å². The van der Waals surface area contributed by atoms with E-state index in [4.69, 9.17) is 0 Å². The number of aryl methyl sites for hydroxylation is 1. The van der Waals surface area contributed by atoms with Gasteiger partial charge in [0.25, 0.3) is 0 Å². The van der Waals surface area contributed by atoms with Crippen LogP contribution < -0.4 is 10.2 Å². The number of nitrogens with one attached hydrogen (secondary N) is 1. The third-order valence-electron chi connectivity index (χ3n) is 5.20. The van der Waals surface area contributed by atoms with Crippen LogP contribution in [0.5, 0.6) is 0 Å². The van der Waals surface area contributed by atoms with Crippen LogP contribution in [-0.2, 0) is 18.3 Å². The summed E-state index contributed by atoms with van der Waals surface area (Å²) in [4.78, 5) is 14.9. The number of rotatable bonds is 4. The van der Waals surface area contributed by atoms with Gasteiger partial charge in [-0.05, 0) is 55.2 Å². The molecule has 2 aromatic carbocycles. The molecule has 1 N–H and O–H groups in total. The van der Waals surface area contributed by atoms with Gasteiger partial charge in [-0.25, -0.2) is 0 Å². The minimum atomic E-state index is 0.0204. The second-order valence-electron chi connectivity index (χ2n) is 7.10. The lowest BCUT2D eigenvalue weighted by atomic mass is 10.1. The summed E-state index contributed by atoms with van der Waals surface area (Å²) >= 11 is 0. The molecule has 0 spiro atoms. The van der Waals surface area contributed by atoms with E-state index in [9.17, 15) is 4.79 Å². The van der Waals surface area contributed by atoms with Gasteiger partial charge in [-0.15, -0.1) is 0 Å². The fraction of sp³-hybridized carbons (Fsp3) is 0.318. The molecule has 4 heteroatoms. The summed E-state index contributed by atoms with van der Waals surface area (Å²) in [6, 6.07) is 16.4. The van der Waals surface area contributed by atoms with Crippen LogP contribution in [0.15, 0.2) is 54.7 Å². The van der Waals surface area contributed by atoms with Gasteiger partial charge in [0, 0.05) is 48.6 Å². The number of aromatic nitrogens is 1. The van der Waals surface area contributed by atoms with Crippen molar-refractivity contribution < 1.29 is 4.79 Å². The van der Waals surface area contributed by atoms with E-state index in [0.29, 0.717) is 6.42 Å². The Morgan fingerprint density at radius 2 is 1.73 bits per heavy atom. The lowest BCUT2D eigenvalue weighted by Gasteiger charge is -2.28. The summed E-state index contributed by atoms with van der Waals surface area (Å²) in [6.07, 6.45) is 6.30. The second-order valence-corrected chi connectivity index (χ2v) is 7.10. The van der Waals surface area contributed by atoms with Crippen molar-refractivity contribution in [3.63, 3.8) is 0 Å². The molecule has 0 atom stereocenters. The van der Waals surface area contributed by atoms with Gasteiger partial charge in [-0.2, -0.15) is 0 Å². The van der Waals surface area contributed by atoms with Crippen LogP contribution in [0, 0.1) is 0 Å². The Balaban J connectivity index is 1.43. The van der Waals surface area contributed by atoms with Crippen LogP contribution in [0.3, 0.4) is 0 Å². The molecule has 0 bridgehead atoms. The van der Waals surface area contributed by atoms with Gasteiger partial charge in [-0.1, -0.05) is 18.2 Å². The van der Waals surface area contributed by atoms with Gasteiger partial charge in [-0.3, -0.25) is 4.79 Å². The first kappa shape index (κ1) is 16.7. The molecule has 0 unspecified atom stereocenters. The minimum absolute atomic E-state index is 0.0204. The summed E-state index contributed by atoms with van der Waals surface area (Å²) < 4.78 is 2.07. The molecule has 1 saturated heterocycles. The van der Waals surface area contributed by atoms with E-state index in [2.05, 4.69) is 39.0 Å². The number of para-hydroxylation sites is 1. The highest BCUT2D eigenvalue weighted by molar-refractivity contribution is 5.96. The molecular formula is C22H25N3O. The van der Waals surface area contributed by atoms with Gasteiger partial charge in [0.1, 0.15) is 0 Å². The van der Waals surface area contributed by atoms with Crippen molar-refractivity contribution in [1.82, 2.24) is 4.57 Å². The Morgan fingerprint density at radius 1 is 1.00 bits per heavy atom. The summed E-state index contributed by atoms with van der Waals surface area (Å²) in [5.41, 5.74) is 4.32. The Bertz CT molecular complexity index is 905. The molecule has 26 heavy (non-hydrogen) atoms. The molecule has 1 aliphatic heterocycles. The Labute approximate surface area is 154 Å². The first-order chi connectivity index (χ1) is 12.7. The second kappa shape index (κ2) is 7.24. The maximum absolute atomic E-state index is 12.5. The van der Waals surface area contributed by atoms with Crippen LogP contribution in [-0.4, -0.2) is 23.6 Å². The number of carbonyl (C=O) groups is 1. The number of hydrogen-bond acceptors (Lipinski definition) is 2. The van der Waals surface area contributed by atoms with Crippen molar-refractivity contribution in [2.45, 2.75) is 25.7 Å². The van der Waals surface area contributed by atoms with E-state index in [-0.39, 0.29) is 5.91 Å². The van der Waals surface area contributed by atoms with E-state index >= 15 is 0 Å². The summed E-state index contributed by atoms with van der Waals surface area (Å²) in [5.74, 6) is 0.0204. The van der Waals surface area contributed by atoms with Crippen molar-refractivity contribution >= 4 is 28.2 Å². The smallest absolute Gasteiger partial charge is 0.228 e. The largest absolute Gasteiger partial charge is 0.372 e. The maximum Gasteiger partial charge on any atom is 0.228 e. The molecule has 134 valence electrons. The molecule has 1 amide bonds. The summed E-state index contributed by atoms with van der Waals surface area (Å²) in [5, 5.41) is 4.17. The lowest BCUT2D eigenvalue weighted by Crippen LogP contribution is -2.29. The molecule has 4 nitrogen and oxygen atoms in total.